The number of nitrogens with one attached hydrogen (secondary N) is 1. The Bertz CT molecular complexity index is 157. The van der Waals surface area contributed by atoms with Crippen LogP contribution >= 0.6 is 0 Å². The summed E-state index contributed by atoms with van der Waals surface area (Å²) < 4.78 is 5.78. The number of hydrogen-bond acceptors (Lipinski definition) is 3. The van der Waals surface area contributed by atoms with Crippen LogP contribution in [0.2, 0.25) is 0 Å². The van der Waals surface area contributed by atoms with Gasteiger partial charge in [-0.3, -0.25) is 0 Å². The van der Waals surface area contributed by atoms with Crippen LogP contribution in [0.5, 0.6) is 0 Å². The van der Waals surface area contributed by atoms with E-state index >= 15 is 0 Å². The van der Waals surface area contributed by atoms with E-state index in [-0.39, 0.29) is 6.04 Å². The Labute approximate surface area is 80.0 Å². The molecule has 0 aliphatic carbocycles. The fraction of sp³-hybridized carbons (Fsp3) is 1.00. The van der Waals surface area contributed by atoms with E-state index in [9.17, 15) is 0 Å². The van der Waals surface area contributed by atoms with Crippen molar-refractivity contribution >= 4 is 0 Å². The molecule has 3 heteroatoms. The van der Waals surface area contributed by atoms with Crippen LogP contribution in [0, 0.1) is 5.92 Å². The highest BCUT2D eigenvalue weighted by Crippen LogP contribution is 2.25. The predicted molar refractivity (Wildman–Crippen MR) is 52.5 cm³/mol. The number of nitrogens with two attached hydrogens (primary N) is 1. The van der Waals surface area contributed by atoms with Gasteiger partial charge in [-0.05, 0) is 44.7 Å². The van der Waals surface area contributed by atoms with Gasteiger partial charge >= 0.3 is 0 Å². The van der Waals surface area contributed by atoms with Crippen molar-refractivity contribution in [2.45, 2.75) is 37.8 Å². The number of rotatable bonds is 1. The van der Waals surface area contributed by atoms with Gasteiger partial charge in [0.05, 0.1) is 6.10 Å². The van der Waals surface area contributed by atoms with Crippen molar-refractivity contribution in [2.24, 2.45) is 11.7 Å². The van der Waals surface area contributed by atoms with Crippen molar-refractivity contribution in [3.8, 4) is 0 Å². The summed E-state index contributed by atoms with van der Waals surface area (Å²) >= 11 is 0. The zero-order valence-corrected chi connectivity index (χ0v) is 8.17. The summed E-state index contributed by atoms with van der Waals surface area (Å²) in [5, 5.41) is 3.37. The Morgan fingerprint density at radius 3 is 2.62 bits per heavy atom. The van der Waals surface area contributed by atoms with Gasteiger partial charge < -0.3 is 15.8 Å². The first-order valence-corrected chi connectivity index (χ1v) is 5.46. The van der Waals surface area contributed by atoms with Crippen LogP contribution in [-0.4, -0.2) is 31.8 Å². The summed E-state index contributed by atoms with van der Waals surface area (Å²) in [7, 11) is 0. The maximum atomic E-state index is 6.06. The molecule has 0 amide bonds. The number of hydrogen-bond donors (Lipinski definition) is 2. The van der Waals surface area contributed by atoms with E-state index in [1.54, 1.807) is 0 Å². The van der Waals surface area contributed by atoms with Crippen LogP contribution in [0.15, 0.2) is 0 Å². The highest BCUT2D eigenvalue weighted by atomic mass is 16.5. The number of ether oxygens (including phenoxy) is 1. The van der Waals surface area contributed by atoms with Crippen molar-refractivity contribution in [3.63, 3.8) is 0 Å². The molecule has 0 spiro atoms. The smallest absolute Gasteiger partial charge is 0.0754 e. The second-order valence-corrected chi connectivity index (χ2v) is 4.23. The summed E-state index contributed by atoms with van der Waals surface area (Å²) in [6.07, 6.45) is 5.10. The van der Waals surface area contributed by atoms with Crippen molar-refractivity contribution in [2.75, 3.05) is 19.7 Å². The first-order valence-electron chi connectivity index (χ1n) is 5.46. The Morgan fingerprint density at radius 2 is 1.92 bits per heavy atom. The van der Waals surface area contributed by atoms with Crippen molar-refractivity contribution < 1.29 is 4.74 Å². The van der Waals surface area contributed by atoms with Crippen molar-refractivity contribution in [3.05, 3.63) is 0 Å². The lowest BCUT2D eigenvalue weighted by Gasteiger charge is -2.37. The molecule has 0 aromatic rings. The van der Waals surface area contributed by atoms with E-state index in [0.29, 0.717) is 12.0 Å². The molecule has 13 heavy (non-hydrogen) atoms. The van der Waals surface area contributed by atoms with E-state index in [1.807, 2.05) is 0 Å². The minimum atomic E-state index is 0.289. The standard InChI is InChI=1S/C10H20N2O/c11-9-2-1-7-13-10(9)8-3-5-12-6-4-8/h8-10,12H,1-7,11H2. The highest BCUT2D eigenvalue weighted by Gasteiger charge is 2.31. The monoisotopic (exact) mass is 184 g/mol. The molecule has 0 aromatic heterocycles. The van der Waals surface area contributed by atoms with Gasteiger partial charge in [-0.25, -0.2) is 0 Å². The molecular formula is C10H20N2O. The summed E-state index contributed by atoms with van der Waals surface area (Å²) in [6.45, 7) is 3.19. The van der Waals surface area contributed by atoms with Gasteiger partial charge in [-0.2, -0.15) is 0 Å². The highest BCUT2D eigenvalue weighted by molar-refractivity contribution is 4.85. The van der Waals surface area contributed by atoms with E-state index in [4.69, 9.17) is 10.5 Å². The third-order valence-electron chi connectivity index (χ3n) is 3.26. The van der Waals surface area contributed by atoms with E-state index in [0.717, 1.165) is 32.5 Å². The van der Waals surface area contributed by atoms with Crippen LogP contribution in [0.3, 0.4) is 0 Å². The largest absolute Gasteiger partial charge is 0.376 e. The Hall–Kier alpha value is -0.120. The normalized spacial score (nSPS) is 37.6. The average Bonchev–Trinajstić information content (AvgIpc) is 2.20. The minimum absolute atomic E-state index is 0.289. The van der Waals surface area contributed by atoms with Crippen molar-refractivity contribution in [1.29, 1.82) is 0 Å². The van der Waals surface area contributed by atoms with Crippen LogP contribution in [0.1, 0.15) is 25.7 Å². The topological polar surface area (TPSA) is 47.3 Å². The fourth-order valence-corrected chi connectivity index (χ4v) is 2.48. The maximum Gasteiger partial charge on any atom is 0.0754 e. The molecule has 2 fully saturated rings. The Balaban J connectivity index is 1.88. The SMILES string of the molecule is NC1CCCOC1C1CCNCC1. The minimum Gasteiger partial charge on any atom is -0.376 e. The summed E-state index contributed by atoms with van der Waals surface area (Å²) in [6, 6.07) is 0.289. The quantitative estimate of drug-likeness (QED) is 0.623. The van der Waals surface area contributed by atoms with Gasteiger partial charge in [0.1, 0.15) is 0 Å². The lowest BCUT2D eigenvalue weighted by molar-refractivity contribution is -0.0414. The summed E-state index contributed by atoms with van der Waals surface area (Å²) in [4.78, 5) is 0. The molecule has 0 aromatic carbocycles. The molecule has 76 valence electrons. The zero-order valence-electron chi connectivity index (χ0n) is 8.17. The second kappa shape index (κ2) is 4.40. The fourth-order valence-electron chi connectivity index (χ4n) is 2.48. The molecule has 3 nitrogen and oxygen atoms in total. The van der Waals surface area contributed by atoms with Gasteiger partial charge in [-0.15, -0.1) is 0 Å². The predicted octanol–water partition coefficient (Wildman–Crippen LogP) is 0.492. The molecule has 0 radical (unpaired) electrons. The first kappa shape index (κ1) is 9.44. The average molecular weight is 184 g/mol. The Morgan fingerprint density at radius 1 is 1.15 bits per heavy atom. The molecule has 2 unspecified atom stereocenters. The van der Waals surface area contributed by atoms with Crippen LogP contribution in [0.4, 0.5) is 0 Å². The molecule has 2 aliphatic rings. The van der Waals surface area contributed by atoms with E-state index < -0.39 is 0 Å². The molecule has 2 heterocycles. The van der Waals surface area contributed by atoms with E-state index in [1.165, 1.54) is 12.8 Å². The zero-order chi connectivity index (χ0) is 9.10. The van der Waals surface area contributed by atoms with Gasteiger partial charge in [0.15, 0.2) is 0 Å². The van der Waals surface area contributed by atoms with Crippen LogP contribution in [0.25, 0.3) is 0 Å². The van der Waals surface area contributed by atoms with Gasteiger partial charge in [0.2, 0.25) is 0 Å². The second-order valence-electron chi connectivity index (χ2n) is 4.23. The molecule has 2 saturated heterocycles. The summed E-state index contributed by atoms with van der Waals surface area (Å²) in [5.41, 5.74) is 6.06. The summed E-state index contributed by atoms with van der Waals surface area (Å²) in [5.74, 6) is 0.705. The van der Waals surface area contributed by atoms with Gasteiger partial charge in [-0.1, -0.05) is 0 Å². The first-order chi connectivity index (χ1) is 6.38. The molecule has 2 rings (SSSR count). The number of piperidine rings is 1. The molecule has 2 atom stereocenters. The third-order valence-corrected chi connectivity index (χ3v) is 3.26. The van der Waals surface area contributed by atoms with E-state index in [2.05, 4.69) is 5.32 Å². The molecule has 3 N–H and O–H groups in total. The molecule has 2 aliphatic heterocycles. The lowest BCUT2D eigenvalue weighted by Crippen LogP contribution is -2.48. The lowest BCUT2D eigenvalue weighted by atomic mass is 9.85. The van der Waals surface area contributed by atoms with Crippen molar-refractivity contribution in [1.82, 2.24) is 5.32 Å². The molecular weight excluding hydrogens is 164 g/mol. The third kappa shape index (κ3) is 2.22. The van der Waals surface area contributed by atoms with Crippen LogP contribution in [-0.2, 0) is 4.74 Å². The van der Waals surface area contributed by atoms with Crippen LogP contribution < -0.4 is 11.1 Å². The van der Waals surface area contributed by atoms with Gasteiger partial charge in [0.25, 0.3) is 0 Å². The molecule has 0 saturated carbocycles. The molecule has 0 bridgehead atoms. The Kier molecular flexibility index (Phi) is 3.19. The van der Waals surface area contributed by atoms with Gasteiger partial charge in [0, 0.05) is 12.6 Å². The maximum absolute atomic E-state index is 6.06.